The molecular weight excluding hydrogens is 1010 g/mol. The Morgan fingerprint density at radius 3 is 1.81 bits per heavy atom. The minimum absolute atomic E-state index is 0. The number of para-hydroxylation sites is 2. The summed E-state index contributed by atoms with van der Waals surface area (Å²) in [6.45, 7) is 34.1. The van der Waals surface area contributed by atoms with Crippen molar-refractivity contribution in [1.82, 2.24) is 18.7 Å². The van der Waals surface area contributed by atoms with E-state index in [1.807, 2.05) is 18.3 Å². The molecule has 1 aliphatic heterocycles. The van der Waals surface area contributed by atoms with Gasteiger partial charge in [-0.3, -0.25) is 0 Å². The van der Waals surface area contributed by atoms with Crippen LogP contribution in [0.1, 0.15) is 132 Å². The second kappa shape index (κ2) is 17.3. The molecule has 0 amide bonds. The van der Waals surface area contributed by atoms with Gasteiger partial charge in [0.2, 0.25) is 5.69 Å². The zero-order valence-corrected chi connectivity index (χ0v) is 44.9. The van der Waals surface area contributed by atoms with Gasteiger partial charge in [0.15, 0.2) is 0 Å². The molecule has 0 unspecified atom stereocenters. The van der Waals surface area contributed by atoms with Crippen LogP contribution in [-0.2, 0) is 48.1 Å². The number of pyridine rings is 1. The van der Waals surface area contributed by atoms with Gasteiger partial charge in [-0.2, -0.15) is 12.1 Å². The summed E-state index contributed by atoms with van der Waals surface area (Å²) in [5, 5.41) is 2.23. The summed E-state index contributed by atoms with van der Waals surface area (Å²) in [5.41, 5.74) is 14.1. The van der Waals surface area contributed by atoms with Gasteiger partial charge >= 0.3 is 32.8 Å². The molecule has 0 aliphatic carbocycles. The summed E-state index contributed by atoms with van der Waals surface area (Å²) in [7, 11) is 0. The molecule has 5 nitrogen and oxygen atoms in total. The molecule has 3 heterocycles. The summed E-state index contributed by atoms with van der Waals surface area (Å²) in [5.74, 6) is 2.04. The minimum atomic E-state index is -0.232. The van der Waals surface area contributed by atoms with Gasteiger partial charge in [0.1, 0.15) is 11.5 Å². The number of benzene rings is 6. The predicted molar refractivity (Wildman–Crippen MR) is 282 cm³/mol. The van der Waals surface area contributed by atoms with E-state index in [2.05, 4.69) is 245 Å². The summed E-state index contributed by atoms with van der Waals surface area (Å²) < 4.78 is 13.6. The van der Waals surface area contributed by atoms with Crippen LogP contribution in [0.2, 0.25) is 0 Å². The predicted octanol–water partition coefficient (Wildman–Crippen LogP) is 16.6. The number of ether oxygens (including phenoxy) is 1. The van der Waals surface area contributed by atoms with Crippen LogP contribution in [-0.4, -0.2) is 15.6 Å². The van der Waals surface area contributed by atoms with Gasteiger partial charge in [-0.25, -0.2) is 4.98 Å². The molecule has 2 aromatic heterocycles. The quantitative estimate of drug-likeness (QED) is 0.123. The van der Waals surface area contributed by atoms with Gasteiger partial charge in [0.25, 0.3) is 5.69 Å². The van der Waals surface area contributed by atoms with Crippen molar-refractivity contribution < 1.29 is 25.8 Å². The van der Waals surface area contributed by atoms with E-state index in [9.17, 15) is 0 Å². The van der Waals surface area contributed by atoms with Crippen molar-refractivity contribution in [2.24, 2.45) is 0 Å². The number of rotatable bonds is 6. The summed E-state index contributed by atoms with van der Waals surface area (Å²) in [6, 6.07) is 55.4. The van der Waals surface area contributed by atoms with Gasteiger partial charge in [0, 0.05) is 41.4 Å². The topological polar surface area (TPSA) is 33.1 Å². The van der Waals surface area contributed by atoms with Gasteiger partial charge in [-0.15, -0.1) is 23.6 Å². The first-order valence-electron chi connectivity index (χ1n) is 23.8. The Morgan fingerprint density at radius 2 is 1.15 bits per heavy atom. The van der Waals surface area contributed by atoms with E-state index in [1.165, 1.54) is 27.8 Å². The van der Waals surface area contributed by atoms with Crippen molar-refractivity contribution >= 4 is 50.6 Å². The van der Waals surface area contributed by atoms with E-state index >= 15 is 0 Å². The normalized spacial score (nSPS) is 13.3. The second-order valence-corrected chi connectivity index (χ2v) is 23.6. The monoisotopic (exact) mass is 1080 g/mol. The molecule has 0 N–H and O–H groups in total. The van der Waals surface area contributed by atoms with Crippen molar-refractivity contribution in [2.75, 3.05) is 0 Å². The molecule has 6 aromatic carbocycles. The van der Waals surface area contributed by atoms with E-state index in [-0.39, 0.29) is 48.1 Å². The zero-order valence-electron chi connectivity index (χ0n) is 42.6. The number of nitrogens with zero attached hydrogens (tertiary/aromatic N) is 4. The average Bonchev–Trinajstić information content (AvgIpc) is 3.81. The fraction of sp³-hybridized carbons (Fsp3) is 0.323. The third-order valence-electron chi connectivity index (χ3n) is 13.2. The Kier molecular flexibility index (Phi) is 12.3. The molecular formula is C62H66N4OPt+2. The maximum Gasteiger partial charge on any atom is 2.00 e. The first kappa shape index (κ1) is 48.6. The molecule has 68 heavy (non-hydrogen) atoms. The standard InChI is InChI=1S/C62H66N4O.Pt/c1-58(2,3)41-21-18-20-40(32-41)48-23-19-25-53-57(48)64(45-34-43(60(7,8)9)33-44(35-45)61(10,11)12)39-65(53)55-38-47(27-29-51(55)62(13,14)15)67-46-26-28-50-49-22-16-17-24-52(49)66(54(50)37-46)56-36-42(30-31-63-56)59(4,5)6;/h16-36H,1-15H3;/q;+2. The number of hydrogen-bond donors (Lipinski definition) is 0. The molecule has 9 rings (SSSR count). The second-order valence-electron chi connectivity index (χ2n) is 23.6. The zero-order chi connectivity index (χ0) is 48.0. The number of aromatic nitrogens is 2. The van der Waals surface area contributed by atoms with Crippen molar-refractivity contribution in [1.29, 1.82) is 0 Å². The van der Waals surface area contributed by atoms with Crippen molar-refractivity contribution in [2.45, 2.75) is 131 Å². The van der Waals surface area contributed by atoms with Crippen LogP contribution >= 0.6 is 0 Å². The van der Waals surface area contributed by atoms with Crippen LogP contribution < -0.4 is 13.9 Å². The van der Waals surface area contributed by atoms with Crippen LogP contribution in [0.3, 0.4) is 0 Å². The molecule has 6 heteroatoms. The van der Waals surface area contributed by atoms with Crippen molar-refractivity contribution in [3.05, 3.63) is 167 Å². The largest absolute Gasteiger partial charge is 2.00 e. The van der Waals surface area contributed by atoms with Gasteiger partial charge in [0.05, 0.1) is 5.56 Å². The first-order valence-corrected chi connectivity index (χ1v) is 23.8. The Morgan fingerprint density at radius 1 is 0.529 bits per heavy atom. The van der Waals surface area contributed by atoms with Crippen LogP contribution in [0.15, 0.2) is 128 Å². The van der Waals surface area contributed by atoms with E-state index < -0.39 is 0 Å². The third-order valence-corrected chi connectivity index (χ3v) is 13.2. The van der Waals surface area contributed by atoms with Crippen LogP contribution in [0.5, 0.6) is 11.5 Å². The third kappa shape index (κ3) is 9.21. The fourth-order valence-corrected chi connectivity index (χ4v) is 9.10. The summed E-state index contributed by atoms with van der Waals surface area (Å²) in [6.07, 6.45) is 1.91. The summed E-state index contributed by atoms with van der Waals surface area (Å²) >= 11 is 0. The molecule has 0 atom stereocenters. The SMILES string of the molecule is CC(C)(C)c1cccc(-c2cccc3c2[N+](c2cc(C(C)(C)C)cc(C(C)(C)C)c2)=C=[N+]3c2[c-]c(Oc3[c-]c4c(cc3)c3ccccc3n4-c3cc(C(C)(C)C)ccn3)ccc2C(C)(C)C)c1.[Pt+2]. The maximum absolute atomic E-state index is 6.85. The van der Waals surface area contributed by atoms with E-state index in [0.717, 1.165) is 61.5 Å². The Hall–Kier alpha value is -5.86. The fourth-order valence-electron chi connectivity index (χ4n) is 9.10. The smallest absolute Gasteiger partial charge is 0.509 e. The molecule has 8 aromatic rings. The Balaban J connectivity index is 0.00000625. The van der Waals surface area contributed by atoms with Crippen molar-refractivity contribution in [3.8, 4) is 28.4 Å². The minimum Gasteiger partial charge on any atom is -0.509 e. The van der Waals surface area contributed by atoms with Crippen LogP contribution in [0, 0.1) is 12.1 Å². The van der Waals surface area contributed by atoms with E-state index in [4.69, 9.17) is 9.72 Å². The molecule has 0 saturated carbocycles. The molecule has 1 aliphatic rings. The van der Waals surface area contributed by atoms with E-state index in [0.29, 0.717) is 11.5 Å². The van der Waals surface area contributed by atoms with Gasteiger partial charge in [-0.1, -0.05) is 186 Å². The van der Waals surface area contributed by atoms with Crippen LogP contribution in [0.4, 0.5) is 22.7 Å². The average molecular weight is 1080 g/mol. The van der Waals surface area contributed by atoms with E-state index in [1.54, 1.807) is 0 Å². The molecule has 0 spiro atoms. The Labute approximate surface area is 419 Å². The Bertz CT molecular complexity index is 3300. The first-order chi connectivity index (χ1) is 31.4. The van der Waals surface area contributed by atoms with Crippen LogP contribution in [0.25, 0.3) is 38.8 Å². The molecule has 0 radical (unpaired) electrons. The number of fused-ring (bicyclic) bond motifs is 4. The van der Waals surface area contributed by atoms with Gasteiger partial charge < -0.3 is 9.30 Å². The molecule has 0 fully saturated rings. The summed E-state index contributed by atoms with van der Waals surface area (Å²) in [4.78, 5) is 4.90. The maximum atomic E-state index is 6.85. The molecule has 0 saturated heterocycles. The molecule has 0 bridgehead atoms. The van der Waals surface area contributed by atoms with Crippen molar-refractivity contribution in [3.63, 3.8) is 0 Å². The van der Waals surface area contributed by atoms with Gasteiger partial charge in [-0.05, 0) is 83.7 Å². The number of hydrogen-bond acceptors (Lipinski definition) is 2. The molecule has 348 valence electrons.